The van der Waals surface area contributed by atoms with Crippen LogP contribution >= 0.6 is 11.6 Å². The van der Waals surface area contributed by atoms with E-state index in [9.17, 15) is 19.1 Å². The van der Waals surface area contributed by atoms with Crippen LogP contribution in [0.4, 0.5) is 4.39 Å². The molecule has 0 aromatic heterocycles. The normalized spacial score (nSPS) is 11.8. The molecule has 1 rings (SSSR count). The SMILES string of the molecule is COC(=O)C(O)CNC(=O)c1ccc(Cl)cc1F. The summed E-state index contributed by atoms with van der Waals surface area (Å²) in [4.78, 5) is 22.4. The number of aliphatic hydroxyl groups is 1. The lowest BCUT2D eigenvalue weighted by atomic mass is 10.2. The van der Waals surface area contributed by atoms with Gasteiger partial charge >= 0.3 is 5.97 Å². The van der Waals surface area contributed by atoms with Gasteiger partial charge in [-0.2, -0.15) is 0 Å². The number of hydrogen-bond acceptors (Lipinski definition) is 4. The van der Waals surface area contributed by atoms with Gasteiger partial charge < -0.3 is 15.2 Å². The molecular formula is C11H11ClFNO4. The molecule has 1 aromatic rings. The molecule has 18 heavy (non-hydrogen) atoms. The zero-order chi connectivity index (χ0) is 13.7. The van der Waals surface area contributed by atoms with Crippen LogP contribution in [0.3, 0.4) is 0 Å². The summed E-state index contributed by atoms with van der Waals surface area (Å²) in [5.74, 6) is -2.42. The summed E-state index contributed by atoms with van der Waals surface area (Å²) in [6.45, 7) is -0.367. The molecule has 98 valence electrons. The molecule has 2 N–H and O–H groups in total. The molecule has 7 heteroatoms. The zero-order valence-corrected chi connectivity index (χ0v) is 10.2. The second-order valence-corrected chi connectivity index (χ2v) is 3.81. The predicted molar refractivity (Wildman–Crippen MR) is 61.8 cm³/mol. The summed E-state index contributed by atoms with van der Waals surface area (Å²) >= 11 is 5.54. The van der Waals surface area contributed by atoms with Crippen molar-refractivity contribution >= 4 is 23.5 Å². The molecule has 0 heterocycles. The van der Waals surface area contributed by atoms with E-state index in [1.54, 1.807) is 0 Å². The molecule has 1 atom stereocenters. The van der Waals surface area contributed by atoms with Crippen molar-refractivity contribution in [3.63, 3.8) is 0 Å². The summed E-state index contributed by atoms with van der Waals surface area (Å²) in [5, 5.41) is 11.6. The molecule has 0 saturated heterocycles. The third kappa shape index (κ3) is 3.68. The van der Waals surface area contributed by atoms with E-state index in [0.29, 0.717) is 0 Å². The van der Waals surface area contributed by atoms with Crippen LogP contribution in [-0.2, 0) is 9.53 Å². The van der Waals surface area contributed by atoms with Gasteiger partial charge in [-0.15, -0.1) is 0 Å². The van der Waals surface area contributed by atoms with Gasteiger partial charge in [0.05, 0.1) is 19.2 Å². The van der Waals surface area contributed by atoms with Crippen LogP contribution in [0.5, 0.6) is 0 Å². The first-order valence-electron chi connectivity index (χ1n) is 4.95. The van der Waals surface area contributed by atoms with Gasteiger partial charge in [-0.3, -0.25) is 4.79 Å². The van der Waals surface area contributed by atoms with E-state index in [2.05, 4.69) is 10.1 Å². The van der Waals surface area contributed by atoms with E-state index >= 15 is 0 Å². The van der Waals surface area contributed by atoms with E-state index < -0.39 is 23.8 Å². The number of halogens is 2. The highest BCUT2D eigenvalue weighted by Crippen LogP contribution is 2.14. The summed E-state index contributed by atoms with van der Waals surface area (Å²) in [6, 6.07) is 3.56. The Kier molecular flexibility index (Phi) is 5.06. The van der Waals surface area contributed by atoms with Gasteiger partial charge in [0.25, 0.3) is 5.91 Å². The van der Waals surface area contributed by atoms with Crippen molar-refractivity contribution in [1.82, 2.24) is 5.32 Å². The number of aliphatic hydroxyl groups excluding tert-OH is 1. The van der Waals surface area contributed by atoms with Gasteiger partial charge in [-0.05, 0) is 18.2 Å². The molecule has 1 aromatic carbocycles. The molecule has 0 aliphatic rings. The van der Waals surface area contributed by atoms with Crippen LogP contribution in [0.15, 0.2) is 18.2 Å². The Morgan fingerprint density at radius 1 is 1.56 bits per heavy atom. The fraction of sp³-hybridized carbons (Fsp3) is 0.273. The number of methoxy groups -OCH3 is 1. The average Bonchev–Trinajstić information content (AvgIpc) is 2.34. The number of benzene rings is 1. The largest absolute Gasteiger partial charge is 0.467 e. The zero-order valence-electron chi connectivity index (χ0n) is 9.44. The summed E-state index contributed by atoms with van der Waals surface area (Å²) in [7, 11) is 1.10. The average molecular weight is 276 g/mol. The number of nitrogens with one attached hydrogen (secondary N) is 1. The third-order valence-electron chi connectivity index (χ3n) is 2.10. The molecule has 0 saturated carbocycles. The van der Waals surface area contributed by atoms with Crippen molar-refractivity contribution < 1.29 is 23.8 Å². The highest BCUT2D eigenvalue weighted by molar-refractivity contribution is 6.30. The smallest absolute Gasteiger partial charge is 0.336 e. The third-order valence-corrected chi connectivity index (χ3v) is 2.34. The first-order chi connectivity index (χ1) is 8.45. The molecule has 0 spiro atoms. The topological polar surface area (TPSA) is 75.6 Å². The number of rotatable bonds is 4. The summed E-state index contributed by atoms with van der Waals surface area (Å²) in [5.41, 5.74) is -0.225. The van der Waals surface area contributed by atoms with Crippen molar-refractivity contribution in [1.29, 1.82) is 0 Å². The van der Waals surface area contributed by atoms with E-state index in [0.717, 1.165) is 13.2 Å². The van der Waals surface area contributed by atoms with Gasteiger partial charge in [-0.1, -0.05) is 11.6 Å². The van der Waals surface area contributed by atoms with Gasteiger partial charge in [0.15, 0.2) is 6.10 Å². The van der Waals surface area contributed by atoms with Gasteiger partial charge in [0, 0.05) is 5.02 Å². The Balaban J connectivity index is 2.63. The summed E-state index contributed by atoms with van der Waals surface area (Å²) < 4.78 is 17.6. The number of ether oxygens (including phenoxy) is 1. The quantitative estimate of drug-likeness (QED) is 0.795. The standard InChI is InChI=1S/C11H11ClFNO4/c1-18-11(17)9(15)5-14-10(16)7-3-2-6(12)4-8(7)13/h2-4,9,15H,5H2,1H3,(H,14,16). The first kappa shape index (κ1) is 14.4. The number of esters is 1. The number of carbonyl (C=O) groups excluding carboxylic acids is 2. The lowest BCUT2D eigenvalue weighted by Gasteiger charge is -2.10. The lowest BCUT2D eigenvalue weighted by molar-refractivity contribution is -0.149. The maximum absolute atomic E-state index is 13.4. The molecule has 0 aliphatic carbocycles. The van der Waals surface area contributed by atoms with Crippen LogP contribution < -0.4 is 5.32 Å². The van der Waals surface area contributed by atoms with Crippen molar-refractivity contribution in [2.75, 3.05) is 13.7 Å². The predicted octanol–water partition coefficient (Wildman–Crippen LogP) is 0.743. The van der Waals surface area contributed by atoms with Crippen LogP contribution in [-0.4, -0.2) is 36.7 Å². The molecule has 0 fully saturated rings. The molecule has 0 radical (unpaired) electrons. The minimum Gasteiger partial charge on any atom is -0.467 e. The van der Waals surface area contributed by atoms with E-state index in [-0.39, 0.29) is 17.1 Å². The Morgan fingerprint density at radius 3 is 2.78 bits per heavy atom. The molecule has 0 bridgehead atoms. The Morgan fingerprint density at radius 2 is 2.22 bits per heavy atom. The Hall–Kier alpha value is -1.66. The monoisotopic (exact) mass is 275 g/mol. The summed E-state index contributed by atoms with van der Waals surface area (Å²) in [6.07, 6.45) is -1.49. The van der Waals surface area contributed by atoms with E-state index in [1.165, 1.54) is 12.1 Å². The molecule has 5 nitrogen and oxygen atoms in total. The minimum absolute atomic E-state index is 0.165. The minimum atomic E-state index is -1.49. The molecule has 0 aliphatic heterocycles. The van der Waals surface area contributed by atoms with Crippen LogP contribution in [0.1, 0.15) is 10.4 Å². The highest BCUT2D eigenvalue weighted by Gasteiger charge is 2.18. The molecular weight excluding hydrogens is 265 g/mol. The number of amides is 1. The first-order valence-corrected chi connectivity index (χ1v) is 5.32. The second-order valence-electron chi connectivity index (χ2n) is 3.37. The number of carbonyl (C=O) groups is 2. The van der Waals surface area contributed by atoms with Crippen LogP contribution in [0.2, 0.25) is 5.02 Å². The fourth-order valence-corrected chi connectivity index (χ4v) is 1.34. The van der Waals surface area contributed by atoms with Gasteiger partial charge in [0.1, 0.15) is 5.82 Å². The highest BCUT2D eigenvalue weighted by atomic mass is 35.5. The Bertz CT molecular complexity index is 466. The van der Waals surface area contributed by atoms with Gasteiger partial charge in [0.2, 0.25) is 0 Å². The lowest BCUT2D eigenvalue weighted by Crippen LogP contribution is -2.37. The second kappa shape index (κ2) is 6.32. The van der Waals surface area contributed by atoms with Crippen molar-refractivity contribution in [2.45, 2.75) is 6.10 Å². The van der Waals surface area contributed by atoms with E-state index in [1.807, 2.05) is 0 Å². The fourth-order valence-electron chi connectivity index (χ4n) is 1.18. The van der Waals surface area contributed by atoms with Crippen LogP contribution in [0, 0.1) is 5.82 Å². The molecule has 1 amide bonds. The maximum Gasteiger partial charge on any atom is 0.336 e. The van der Waals surface area contributed by atoms with E-state index in [4.69, 9.17) is 11.6 Å². The van der Waals surface area contributed by atoms with Gasteiger partial charge in [-0.25, -0.2) is 9.18 Å². The number of hydrogen-bond donors (Lipinski definition) is 2. The Labute approximate surface area is 108 Å². The molecule has 1 unspecified atom stereocenters. The van der Waals surface area contributed by atoms with Crippen molar-refractivity contribution in [3.05, 3.63) is 34.6 Å². The van der Waals surface area contributed by atoms with Crippen molar-refractivity contribution in [2.24, 2.45) is 0 Å². The van der Waals surface area contributed by atoms with Crippen LogP contribution in [0.25, 0.3) is 0 Å². The van der Waals surface area contributed by atoms with Crippen molar-refractivity contribution in [3.8, 4) is 0 Å². The maximum atomic E-state index is 13.4.